The van der Waals surface area contributed by atoms with Crippen LogP contribution in [-0.4, -0.2) is 18.4 Å². The first-order chi connectivity index (χ1) is 12.8. The van der Waals surface area contributed by atoms with Gasteiger partial charge in [0.15, 0.2) is 0 Å². The number of rotatable bonds is 8. The molecular formula is C23H30N2O2. The van der Waals surface area contributed by atoms with Gasteiger partial charge in [0.25, 0.3) is 0 Å². The summed E-state index contributed by atoms with van der Waals surface area (Å²) in [7, 11) is 0. The van der Waals surface area contributed by atoms with Crippen LogP contribution in [0.1, 0.15) is 51.2 Å². The third-order valence-corrected chi connectivity index (χ3v) is 4.74. The Bertz CT molecular complexity index is 767. The Kier molecular flexibility index (Phi) is 7.17. The van der Waals surface area contributed by atoms with Crippen LogP contribution in [0, 0.1) is 5.41 Å². The maximum Gasteiger partial charge on any atom is 0.239 e. The highest BCUT2D eigenvalue weighted by molar-refractivity contribution is 6.10. The molecule has 0 aliphatic carbocycles. The molecule has 2 N–H and O–H groups in total. The van der Waals surface area contributed by atoms with Crippen LogP contribution in [0.5, 0.6) is 0 Å². The highest BCUT2D eigenvalue weighted by atomic mass is 16.2. The second-order valence-corrected chi connectivity index (χ2v) is 7.67. The van der Waals surface area contributed by atoms with Gasteiger partial charge in [-0.1, -0.05) is 62.4 Å². The third-order valence-electron chi connectivity index (χ3n) is 4.74. The van der Waals surface area contributed by atoms with Gasteiger partial charge in [-0.05, 0) is 49.8 Å². The van der Waals surface area contributed by atoms with E-state index in [1.54, 1.807) is 13.8 Å². The number of hydrogen-bond donors (Lipinski definition) is 2. The Balaban J connectivity index is 1.90. The quantitative estimate of drug-likeness (QED) is 0.533. The molecule has 0 spiro atoms. The third kappa shape index (κ3) is 5.68. The number of benzene rings is 2. The van der Waals surface area contributed by atoms with Crippen LogP contribution in [0.4, 0.5) is 5.69 Å². The first-order valence-corrected chi connectivity index (χ1v) is 9.55. The normalized spacial score (nSPS) is 11.3. The molecule has 144 valence electrons. The summed E-state index contributed by atoms with van der Waals surface area (Å²) in [6, 6.07) is 17.9. The summed E-state index contributed by atoms with van der Waals surface area (Å²) in [6.45, 7) is 8.03. The maximum absolute atomic E-state index is 12.7. The van der Waals surface area contributed by atoms with Gasteiger partial charge in [0, 0.05) is 12.2 Å². The van der Waals surface area contributed by atoms with Gasteiger partial charge >= 0.3 is 0 Å². The topological polar surface area (TPSA) is 58.2 Å². The monoisotopic (exact) mass is 366 g/mol. The Hall–Kier alpha value is -2.62. The van der Waals surface area contributed by atoms with Gasteiger partial charge in [-0.2, -0.15) is 0 Å². The van der Waals surface area contributed by atoms with Crippen molar-refractivity contribution in [3.05, 3.63) is 65.7 Å². The first kappa shape index (κ1) is 20.7. The van der Waals surface area contributed by atoms with Crippen LogP contribution in [0.15, 0.2) is 54.6 Å². The second kappa shape index (κ2) is 9.36. The van der Waals surface area contributed by atoms with Crippen LogP contribution in [0.3, 0.4) is 0 Å². The fourth-order valence-corrected chi connectivity index (χ4v) is 2.86. The standard InChI is InChI=1S/C23H30N2O2/c1-17(2)19-14-8-9-15-20(19)25-22(27)23(3,4)21(26)24-16-10-13-18-11-6-5-7-12-18/h5-9,11-12,14-15,17H,10,13,16H2,1-4H3,(H,24,26)(H,25,27). The smallest absolute Gasteiger partial charge is 0.239 e. The predicted octanol–water partition coefficient (Wildman–Crippen LogP) is 4.52. The summed E-state index contributed by atoms with van der Waals surface area (Å²) in [6.07, 6.45) is 1.74. The van der Waals surface area contributed by atoms with Crippen molar-refractivity contribution in [1.29, 1.82) is 0 Å². The minimum absolute atomic E-state index is 0.255. The van der Waals surface area contributed by atoms with Gasteiger partial charge in [0.05, 0.1) is 0 Å². The largest absolute Gasteiger partial charge is 0.355 e. The Morgan fingerprint density at radius 3 is 2.22 bits per heavy atom. The summed E-state index contributed by atoms with van der Waals surface area (Å²) in [5.74, 6) is -0.261. The number of hydrogen-bond acceptors (Lipinski definition) is 2. The number of para-hydroxylation sites is 1. The van der Waals surface area contributed by atoms with E-state index in [4.69, 9.17) is 0 Å². The van der Waals surface area contributed by atoms with E-state index in [1.165, 1.54) is 5.56 Å². The van der Waals surface area contributed by atoms with Crippen molar-refractivity contribution in [3.8, 4) is 0 Å². The lowest BCUT2D eigenvalue weighted by Gasteiger charge is -2.24. The van der Waals surface area contributed by atoms with Gasteiger partial charge in [-0.25, -0.2) is 0 Å². The van der Waals surface area contributed by atoms with Gasteiger partial charge in [-0.15, -0.1) is 0 Å². The lowest BCUT2D eigenvalue weighted by molar-refractivity contribution is -0.138. The lowest BCUT2D eigenvalue weighted by Crippen LogP contribution is -2.45. The Morgan fingerprint density at radius 1 is 0.926 bits per heavy atom. The highest BCUT2D eigenvalue weighted by Crippen LogP contribution is 2.26. The van der Waals surface area contributed by atoms with Crippen LogP contribution >= 0.6 is 0 Å². The van der Waals surface area contributed by atoms with E-state index >= 15 is 0 Å². The maximum atomic E-state index is 12.7. The molecule has 4 nitrogen and oxygen atoms in total. The molecule has 0 unspecified atom stereocenters. The van der Waals surface area contributed by atoms with Gasteiger partial charge < -0.3 is 10.6 Å². The van der Waals surface area contributed by atoms with E-state index < -0.39 is 5.41 Å². The van der Waals surface area contributed by atoms with Crippen LogP contribution in [0.25, 0.3) is 0 Å². The van der Waals surface area contributed by atoms with Crippen LogP contribution in [-0.2, 0) is 16.0 Å². The molecular weight excluding hydrogens is 336 g/mol. The Labute approximate surface area is 162 Å². The van der Waals surface area contributed by atoms with Crippen LogP contribution in [0.2, 0.25) is 0 Å². The molecule has 0 fully saturated rings. The van der Waals surface area contributed by atoms with Crippen LogP contribution < -0.4 is 10.6 Å². The van der Waals surface area contributed by atoms with Crippen molar-refractivity contribution in [2.45, 2.75) is 46.5 Å². The van der Waals surface area contributed by atoms with Gasteiger partial charge in [0.1, 0.15) is 5.41 Å². The number of carbonyl (C=O) groups excluding carboxylic acids is 2. The molecule has 0 radical (unpaired) electrons. The van der Waals surface area contributed by atoms with E-state index in [1.807, 2.05) is 42.5 Å². The lowest BCUT2D eigenvalue weighted by atomic mass is 9.90. The average Bonchev–Trinajstić information content (AvgIpc) is 2.66. The summed E-state index contributed by atoms with van der Waals surface area (Å²) in [4.78, 5) is 25.3. The number of carbonyl (C=O) groups is 2. The molecule has 4 heteroatoms. The minimum Gasteiger partial charge on any atom is -0.355 e. The zero-order valence-corrected chi connectivity index (χ0v) is 16.7. The van der Waals surface area contributed by atoms with Gasteiger partial charge in [0.2, 0.25) is 11.8 Å². The fourth-order valence-electron chi connectivity index (χ4n) is 2.86. The molecule has 0 saturated carbocycles. The second-order valence-electron chi connectivity index (χ2n) is 7.67. The summed E-state index contributed by atoms with van der Waals surface area (Å²) in [5.41, 5.74) is 1.93. The van der Waals surface area contributed by atoms with Crippen molar-refractivity contribution >= 4 is 17.5 Å². The van der Waals surface area contributed by atoms with E-state index in [-0.39, 0.29) is 17.7 Å². The molecule has 2 amide bonds. The summed E-state index contributed by atoms with van der Waals surface area (Å²) in [5, 5.41) is 5.83. The van der Waals surface area contributed by atoms with E-state index in [2.05, 4.69) is 36.6 Å². The van der Waals surface area contributed by atoms with E-state index in [0.717, 1.165) is 24.1 Å². The summed E-state index contributed by atoms with van der Waals surface area (Å²) >= 11 is 0. The summed E-state index contributed by atoms with van der Waals surface area (Å²) < 4.78 is 0. The fraction of sp³-hybridized carbons (Fsp3) is 0.391. The molecule has 2 aromatic rings. The SMILES string of the molecule is CC(C)c1ccccc1NC(=O)C(C)(C)C(=O)NCCCc1ccccc1. The van der Waals surface area contributed by atoms with Gasteiger partial charge in [-0.3, -0.25) is 9.59 Å². The molecule has 0 heterocycles. The zero-order valence-electron chi connectivity index (χ0n) is 16.7. The van der Waals surface area contributed by atoms with Crippen molar-refractivity contribution in [3.63, 3.8) is 0 Å². The van der Waals surface area contributed by atoms with E-state index in [9.17, 15) is 9.59 Å². The molecule has 2 aromatic carbocycles. The number of aryl methyl sites for hydroxylation is 1. The molecule has 0 saturated heterocycles. The Morgan fingerprint density at radius 2 is 1.56 bits per heavy atom. The molecule has 0 aliphatic heterocycles. The number of amides is 2. The number of nitrogens with one attached hydrogen (secondary N) is 2. The highest BCUT2D eigenvalue weighted by Gasteiger charge is 2.36. The van der Waals surface area contributed by atoms with E-state index in [0.29, 0.717) is 6.54 Å². The van der Waals surface area contributed by atoms with Crippen molar-refractivity contribution in [2.24, 2.45) is 5.41 Å². The minimum atomic E-state index is -1.14. The molecule has 0 bridgehead atoms. The average molecular weight is 367 g/mol. The molecule has 27 heavy (non-hydrogen) atoms. The molecule has 0 aliphatic rings. The van der Waals surface area contributed by atoms with Crippen molar-refractivity contribution < 1.29 is 9.59 Å². The zero-order chi connectivity index (χ0) is 19.9. The molecule has 2 rings (SSSR count). The van der Waals surface area contributed by atoms with Crippen molar-refractivity contribution in [2.75, 3.05) is 11.9 Å². The molecule has 0 atom stereocenters. The molecule has 0 aromatic heterocycles. The first-order valence-electron chi connectivity index (χ1n) is 9.55. The predicted molar refractivity (Wildman–Crippen MR) is 111 cm³/mol. The van der Waals surface area contributed by atoms with Crippen molar-refractivity contribution in [1.82, 2.24) is 5.32 Å². The number of anilines is 1.